The van der Waals surface area contributed by atoms with E-state index in [4.69, 9.17) is 15.3 Å². The van der Waals surface area contributed by atoms with E-state index in [1.54, 1.807) is 7.11 Å². The van der Waals surface area contributed by atoms with Crippen molar-refractivity contribution >= 4 is 5.91 Å². The summed E-state index contributed by atoms with van der Waals surface area (Å²) in [6.45, 7) is 0.304. The Labute approximate surface area is 88.1 Å². The summed E-state index contributed by atoms with van der Waals surface area (Å²) in [4.78, 5) is 10.7. The van der Waals surface area contributed by atoms with Crippen LogP contribution in [0.4, 0.5) is 0 Å². The van der Waals surface area contributed by atoms with Gasteiger partial charge in [0.1, 0.15) is 12.4 Å². The minimum Gasteiger partial charge on any atom is -0.497 e. The van der Waals surface area contributed by atoms with Gasteiger partial charge in [0.05, 0.1) is 13.7 Å². The van der Waals surface area contributed by atoms with Crippen LogP contribution in [-0.4, -0.2) is 19.6 Å². The molecular weight excluding hydrogens is 196 g/mol. The van der Waals surface area contributed by atoms with Crippen LogP contribution in [-0.2, 0) is 16.1 Å². The Morgan fingerprint density at radius 3 is 3.00 bits per heavy atom. The molecule has 1 amide bonds. The highest BCUT2D eigenvalue weighted by Crippen LogP contribution is 2.12. The number of hydrogen-bond donors (Lipinski definition) is 2. The molecule has 1 aromatic rings. The molecule has 0 atom stereocenters. The molecule has 0 bridgehead atoms. The zero-order valence-electron chi connectivity index (χ0n) is 8.53. The first kappa shape index (κ1) is 11.5. The monoisotopic (exact) mass is 210 g/mol. The second kappa shape index (κ2) is 6.00. The van der Waals surface area contributed by atoms with Gasteiger partial charge in [0.15, 0.2) is 0 Å². The third-order valence-electron chi connectivity index (χ3n) is 1.80. The van der Waals surface area contributed by atoms with Crippen LogP contribution in [0.2, 0.25) is 0 Å². The maximum absolute atomic E-state index is 10.7. The Bertz CT molecular complexity index is 328. The van der Waals surface area contributed by atoms with Gasteiger partial charge in [-0.05, 0) is 17.7 Å². The molecule has 0 fully saturated rings. The van der Waals surface area contributed by atoms with Crippen molar-refractivity contribution in [3.8, 4) is 5.75 Å². The summed E-state index contributed by atoms with van der Waals surface area (Å²) in [5, 5.41) is 0. The standard InChI is InChI=1S/C10H14N2O3/c1-14-9-4-2-3-8(5-9)6-15-7-10(13)12-11/h2-5H,6-7,11H2,1H3,(H,12,13). The fourth-order valence-electron chi connectivity index (χ4n) is 1.07. The third-order valence-corrected chi connectivity index (χ3v) is 1.80. The number of ether oxygens (including phenoxy) is 2. The second-order valence-electron chi connectivity index (χ2n) is 2.91. The van der Waals surface area contributed by atoms with Crippen molar-refractivity contribution in [2.45, 2.75) is 6.61 Å². The molecule has 0 aromatic heterocycles. The summed E-state index contributed by atoms with van der Waals surface area (Å²) in [5.41, 5.74) is 2.93. The number of hydrogen-bond acceptors (Lipinski definition) is 4. The van der Waals surface area contributed by atoms with Gasteiger partial charge in [-0.2, -0.15) is 0 Å². The number of nitrogens with two attached hydrogens (primary N) is 1. The smallest absolute Gasteiger partial charge is 0.259 e. The van der Waals surface area contributed by atoms with Crippen molar-refractivity contribution in [2.24, 2.45) is 5.84 Å². The van der Waals surface area contributed by atoms with Crippen molar-refractivity contribution in [2.75, 3.05) is 13.7 Å². The van der Waals surface area contributed by atoms with Gasteiger partial charge in [-0.3, -0.25) is 10.2 Å². The maximum Gasteiger partial charge on any atom is 0.259 e. The van der Waals surface area contributed by atoms with E-state index >= 15 is 0 Å². The highest BCUT2D eigenvalue weighted by Gasteiger charge is 1.99. The summed E-state index contributed by atoms with van der Waals surface area (Å²) >= 11 is 0. The van der Waals surface area contributed by atoms with Gasteiger partial charge in [-0.25, -0.2) is 5.84 Å². The number of carbonyl (C=O) groups is 1. The lowest BCUT2D eigenvalue weighted by molar-refractivity contribution is -0.126. The quantitative estimate of drug-likeness (QED) is 0.413. The van der Waals surface area contributed by atoms with Crippen LogP contribution < -0.4 is 16.0 Å². The molecule has 0 heterocycles. The first-order chi connectivity index (χ1) is 7.26. The van der Waals surface area contributed by atoms with Gasteiger partial charge in [-0.1, -0.05) is 12.1 Å². The summed E-state index contributed by atoms with van der Waals surface area (Å²) in [6, 6.07) is 7.44. The first-order valence-corrected chi connectivity index (χ1v) is 4.46. The fourth-order valence-corrected chi connectivity index (χ4v) is 1.07. The molecular formula is C10H14N2O3. The maximum atomic E-state index is 10.7. The number of nitrogens with one attached hydrogen (secondary N) is 1. The Morgan fingerprint density at radius 2 is 2.33 bits per heavy atom. The molecule has 0 aliphatic carbocycles. The topological polar surface area (TPSA) is 73.6 Å². The number of carbonyl (C=O) groups excluding carboxylic acids is 1. The van der Waals surface area contributed by atoms with Crippen LogP contribution in [0.1, 0.15) is 5.56 Å². The Balaban J connectivity index is 2.40. The van der Waals surface area contributed by atoms with Crippen LogP contribution in [0, 0.1) is 0 Å². The van der Waals surface area contributed by atoms with Gasteiger partial charge in [0.2, 0.25) is 0 Å². The van der Waals surface area contributed by atoms with E-state index in [-0.39, 0.29) is 12.5 Å². The van der Waals surface area contributed by atoms with Crippen LogP contribution >= 0.6 is 0 Å². The summed E-state index contributed by atoms with van der Waals surface area (Å²) in [6.07, 6.45) is 0. The van der Waals surface area contributed by atoms with Crippen LogP contribution in [0.15, 0.2) is 24.3 Å². The number of rotatable bonds is 5. The number of hydrazine groups is 1. The largest absolute Gasteiger partial charge is 0.497 e. The average Bonchev–Trinajstić information content (AvgIpc) is 2.29. The molecule has 0 unspecified atom stereocenters. The molecule has 5 nitrogen and oxygen atoms in total. The van der Waals surface area contributed by atoms with E-state index < -0.39 is 0 Å². The van der Waals surface area contributed by atoms with Crippen molar-refractivity contribution in [3.05, 3.63) is 29.8 Å². The Hall–Kier alpha value is -1.59. The molecule has 5 heteroatoms. The van der Waals surface area contributed by atoms with Gasteiger partial charge in [0, 0.05) is 0 Å². The lowest BCUT2D eigenvalue weighted by atomic mass is 10.2. The van der Waals surface area contributed by atoms with Crippen molar-refractivity contribution in [1.29, 1.82) is 0 Å². The lowest BCUT2D eigenvalue weighted by Gasteiger charge is -2.05. The molecule has 82 valence electrons. The Morgan fingerprint density at radius 1 is 1.53 bits per heavy atom. The van der Waals surface area contributed by atoms with Crippen molar-refractivity contribution < 1.29 is 14.3 Å². The predicted molar refractivity (Wildman–Crippen MR) is 55.0 cm³/mol. The summed E-state index contributed by atoms with van der Waals surface area (Å²) < 4.78 is 10.2. The molecule has 3 N–H and O–H groups in total. The molecule has 0 radical (unpaired) electrons. The third kappa shape index (κ3) is 3.97. The summed E-state index contributed by atoms with van der Waals surface area (Å²) in [5.74, 6) is 5.31. The number of benzene rings is 1. The lowest BCUT2D eigenvalue weighted by Crippen LogP contribution is -2.33. The highest BCUT2D eigenvalue weighted by atomic mass is 16.5. The SMILES string of the molecule is COc1cccc(COCC(=O)NN)c1. The van der Waals surface area contributed by atoms with E-state index in [0.29, 0.717) is 6.61 Å². The van der Waals surface area contributed by atoms with Crippen molar-refractivity contribution in [1.82, 2.24) is 5.43 Å². The molecule has 1 rings (SSSR count). The molecule has 15 heavy (non-hydrogen) atoms. The van der Waals surface area contributed by atoms with Crippen LogP contribution in [0.3, 0.4) is 0 Å². The molecule has 1 aromatic carbocycles. The Kier molecular flexibility index (Phi) is 4.59. The zero-order chi connectivity index (χ0) is 11.1. The van der Waals surface area contributed by atoms with E-state index in [1.165, 1.54) is 0 Å². The molecule has 0 aliphatic heterocycles. The average molecular weight is 210 g/mol. The molecule has 0 saturated carbocycles. The number of amides is 1. The van der Waals surface area contributed by atoms with Crippen molar-refractivity contribution in [3.63, 3.8) is 0 Å². The van der Waals surface area contributed by atoms with Gasteiger partial charge in [0.25, 0.3) is 5.91 Å². The molecule has 0 saturated heterocycles. The zero-order valence-corrected chi connectivity index (χ0v) is 8.53. The van der Waals surface area contributed by atoms with E-state index in [0.717, 1.165) is 11.3 Å². The van der Waals surface area contributed by atoms with E-state index in [2.05, 4.69) is 0 Å². The first-order valence-electron chi connectivity index (χ1n) is 4.46. The van der Waals surface area contributed by atoms with Gasteiger partial charge >= 0.3 is 0 Å². The number of methoxy groups -OCH3 is 1. The fraction of sp³-hybridized carbons (Fsp3) is 0.300. The minimum absolute atomic E-state index is 0.0479. The predicted octanol–water partition coefficient (Wildman–Crippen LogP) is 0.202. The van der Waals surface area contributed by atoms with E-state index in [1.807, 2.05) is 29.7 Å². The van der Waals surface area contributed by atoms with E-state index in [9.17, 15) is 4.79 Å². The van der Waals surface area contributed by atoms with Crippen LogP contribution in [0.5, 0.6) is 5.75 Å². The second-order valence-corrected chi connectivity index (χ2v) is 2.91. The minimum atomic E-state index is -0.349. The van der Waals surface area contributed by atoms with Crippen LogP contribution in [0.25, 0.3) is 0 Å². The molecule has 0 aliphatic rings. The normalized spacial score (nSPS) is 9.73. The van der Waals surface area contributed by atoms with Gasteiger partial charge in [-0.15, -0.1) is 0 Å². The highest BCUT2D eigenvalue weighted by molar-refractivity contribution is 5.76. The molecule has 0 spiro atoms. The van der Waals surface area contributed by atoms with Gasteiger partial charge < -0.3 is 9.47 Å². The summed E-state index contributed by atoms with van der Waals surface area (Å²) in [7, 11) is 1.60.